The van der Waals surface area contributed by atoms with Gasteiger partial charge in [0.1, 0.15) is 5.82 Å². The number of fused-ring (bicyclic) bond motifs is 4. The summed E-state index contributed by atoms with van der Waals surface area (Å²) in [5.41, 5.74) is 2.23. The third-order valence-electron chi connectivity index (χ3n) is 11.9. The van der Waals surface area contributed by atoms with Gasteiger partial charge in [-0.1, -0.05) is 42.0 Å². The third-order valence-corrected chi connectivity index (χ3v) is 13.4. The number of methoxy groups -OCH3 is 2. The van der Waals surface area contributed by atoms with Gasteiger partial charge in [-0.25, -0.2) is 9.29 Å². The number of hydrogen-bond acceptors (Lipinski definition) is 8. The number of carbonyl (C=O) groups is 4. The normalized spacial score (nSPS) is 30.2. The minimum Gasteiger partial charge on any atom is -0.502 e. The van der Waals surface area contributed by atoms with E-state index in [1.165, 1.54) is 48.9 Å². The van der Waals surface area contributed by atoms with Crippen molar-refractivity contribution in [3.8, 4) is 17.2 Å². The number of allylic oxidation sites excluding steroid dienone is 2. The number of piperidine rings is 1. The van der Waals surface area contributed by atoms with Gasteiger partial charge < -0.3 is 14.6 Å². The van der Waals surface area contributed by atoms with Crippen LogP contribution in [0, 0.1) is 23.6 Å². The van der Waals surface area contributed by atoms with Crippen LogP contribution in [0.2, 0.25) is 0 Å². The van der Waals surface area contributed by atoms with Gasteiger partial charge in [-0.2, -0.15) is 0 Å². The third kappa shape index (κ3) is 5.29. The zero-order chi connectivity index (χ0) is 37.4. The van der Waals surface area contributed by atoms with Crippen LogP contribution in [0.1, 0.15) is 42.7 Å². The lowest BCUT2D eigenvalue weighted by Gasteiger charge is -2.50. The van der Waals surface area contributed by atoms with Gasteiger partial charge in [-0.05, 0) is 79.1 Å². The Morgan fingerprint density at radius 2 is 1.51 bits per heavy atom. The van der Waals surface area contributed by atoms with E-state index in [9.17, 15) is 28.7 Å². The Morgan fingerprint density at radius 3 is 2.13 bits per heavy atom. The molecule has 6 atom stereocenters. The summed E-state index contributed by atoms with van der Waals surface area (Å²) in [7, 11) is 2.72. The Balaban J connectivity index is 1.18. The summed E-state index contributed by atoms with van der Waals surface area (Å²) in [5, 5.41) is 10.8. The van der Waals surface area contributed by atoms with E-state index in [4.69, 9.17) is 32.7 Å². The predicted molar refractivity (Wildman–Crippen MR) is 194 cm³/mol. The van der Waals surface area contributed by atoms with Crippen molar-refractivity contribution < 1.29 is 38.1 Å². The monoisotopic (exact) mass is 761 g/mol. The number of benzene rings is 3. The second-order valence-electron chi connectivity index (χ2n) is 14.6. The Morgan fingerprint density at radius 1 is 0.868 bits per heavy atom. The number of nitrogens with zero attached hydrogens (tertiary/aromatic N) is 3. The predicted octanol–water partition coefficient (Wildman–Crippen LogP) is 5.78. The lowest BCUT2D eigenvalue weighted by atomic mass is 9.56. The average Bonchev–Trinajstić information content (AvgIpc) is 3.50. The lowest BCUT2D eigenvalue weighted by molar-refractivity contribution is -0.144. The largest absolute Gasteiger partial charge is 0.502 e. The fraction of sp³-hybridized carbons (Fsp3) is 0.400. The molecule has 4 fully saturated rings. The van der Waals surface area contributed by atoms with Gasteiger partial charge in [-0.15, -0.1) is 23.2 Å². The molecule has 3 saturated heterocycles. The standard InChI is InChI=1S/C40H38Cl2FN3O7/c1-52-30-18-23(19-31(53-2)34(30)47)33-27-12-13-28-32(36(49)45(35(28)48)26-14-16-44(17-15-26)21-22-6-4-3-5-7-22)29(27)20-39(41)37(50)46(38(51)40(33,39)42)25-10-8-24(43)9-11-25/h3-12,18-19,26,28-29,32-33,47H,13-17,20-21H2,1-2H3/t28-,29+,32-,33-,39+,40-/m0/s1. The number of halogens is 3. The van der Waals surface area contributed by atoms with Crippen LogP contribution in [0.3, 0.4) is 0 Å². The summed E-state index contributed by atoms with van der Waals surface area (Å²) in [4.78, 5) is 58.4. The first kappa shape index (κ1) is 35.6. The number of alkyl halides is 2. The molecular weight excluding hydrogens is 724 g/mol. The number of amides is 4. The Bertz CT molecular complexity index is 2010. The van der Waals surface area contributed by atoms with Crippen molar-refractivity contribution >= 4 is 52.5 Å². The van der Waals surface area contributed by atoms with Gasteiger partial charge in [0.2, 0.25) is 17.6 Å². The number of phenolic OH excluding ortho intramolecular Hbond substituents is 1. The highest BCUT2D eigenvalue weighted by atomic mass is 35.5. The van der Waals surface area contributed by atoms with Crippen molar-refractivity contribution in [2.24, 2.45) is 17.8 Å². The molecule has 3 aromatic carbocycles. The van der Waals surface area contributed by atoms with E-state index in [1.807, 2.05) is 24.3 Å². The molecule has 2 aliphatic carbocycles. The maximum Gasteiger partial charge on any atom is 0.258 e. The molecule has 0 radical (unpaired) electrons. The molecule has 1 saturated carbocycles. The number of likely N-dealkylation sites (tertiary alicyclic amines) is 2. The van der Waals surface area contributed by atoms with Gasteiger partial charge >= 0.3 is 0 Å². The number of hydrogen-bond donors (Lipinski definition) is 1. The van der Waals surface area contributed by atoms with Crippen LogP contribution in [0.25, 0.3) is 0 Å². The Kier molecular flexibility index (Phi) is 8.82. The van der Waals surface area contributed by atoms with Crippen molar-refractivity contribution in [2.75, 3.05) is 32.2 Å². The Labute approximate surface area is 316 Å². The molecule has 0 aromatic heterocycles. The maximum absolute atomic E-state index is 14.7. The summed E-state index contributed by atoms with van der Waals surface area (Å²) in [6, 6.07) is 17.8. The zero-order valence-corrected chi connectivity index (χ0v) is 30.6. The molecule has 3 heterocycles. The van der Waals surface area contributed by atoms with E-state index in [-0.39, 0.29) is 53.6 Å². The highest BCUT2D eigenvalue weighted by molar-refractivity contribution is 6.58. The molecule has 0 bridgehead atoms. The molecule has 3 aliphatic heterocycles. The topological polar surface area (TPSA) is 117 Å². The zero-order valence-electron chi connectivity index (χ0n) is 29.1. The quantitative estimate of drug-likeness (QED) is 0.183. The molecule has 13 heteroatoms. The molecule has 0 unspecified atom stereocenters. The second kappa shape index (κ2) is 13.1. The highest BCUT2D eigenvalue weighted by Gasteiger charge is 2.76. The molecule has 4 amide bonds. The molecule has 1 N–H and O–H groups in total. The van der Waals surface area contributed by atoms with Crippen LogP contribution in [0.5, 0.6) is 17.2 Å². The number of imide groups is 2. The summed E-state index contributed by atoms with van der Waals surface area (Å²) in [5.74, 6) is -6.35. The SMILES string of the molecule is COc1cc([C@H]2C3=CC[C@@H]4C(=O)N(C5CCN(Cc6ccccc6)CC5)C(=O)[C@@H]4[C@@H]3C[C@@]3(Cl)C(=O)N(c4ccc(F)cc4)C(=O)[C@@]23Cl)cc(OC)c1O. The minimum absolute atomic E-state index is 0.0280. The minimum atomic E-state index is -2.14. The van der Waals surface area contributed by atoms with Crippen LogP contribution >= 0.6 is 23.2 Å². The first-order valence-electron chi connectivity index (χ1n) is 17.7. The summed E-state index contributed by atoms with van der Waals surface area (Å²) in [6.07, 6.45) is 3.15. The number of anilines is 1. The summed E-state index contributed by atoms with van der Waals surface area (Å²) in [6.45, 7) is 2.23. The molecule has 0 spiro atoms. The maximum atomic E-state index is 14.7. The van der Waals surface area contributed by atoms with E-state index in [1.54, 1.807) is 0 Å². The summed E-state index contributed by atoms with van der Waals surface area (Å²) < 4.78 is 24.9. The molecule has 5 aliphatic rings. The van der Waals surface area contributed by atoms with Gasteiger partial charge in [0, 0.05) is 31.6 Å². The van der Waals surface area contributed by atoms with Gasteiger partial charge in [0.05, 0.1) is 31.7 Å². The van der Waals surface area contributed by atoms with Gasteiger partial charge in [0.15, 0.2) is 21.2 Å². The fourth-order valence-corrected chi connectivity index (χ4v) is 10.3. The number of aromatic hydroxyl groups is 1. The second-order valence-corrected chi connectivity index (χ2v) is 15.8. The number of ether oxygens (including phenoxy) is 2. The van der Waals surface area contributed by atoms with Crippen LogP contribution in [-0.2, 0) is 25.7 Å². The van der Waals surface area contributed by atoms with Crippen molar-refractivity contribution in [3.05, 3.63) is 95.3 Å². The Hall–Kier alpha value is -4.45. The molecule has 8 rings (SSSR count). The first-order valence-corrected chi connectivity index (χ1v) is 18.5. The van der Waals surface area contributed by atoms with Crippen molar-refractivity contribution in [2.45, 2.75) is 53.9 Å². The van der Waals surface area contributed by atoms with Crippen molar-refractivity contribution in [1.29, 1.82) is 0 Å². The van der Waals surface area contributed by atoms with E-state index in [0.29, 0.717) is 24.0 Å². The lowest BCUT2D eigenvalue weighted by Crippen LogP contribution is -2.60. The first-order chi connectivity index (χ1) is 25.4. The van der Waals surface area contributed by atoms with Crippen LogP contribution < -0.4 is 14.4 Å². The summed E-state index contributed by atoms with van der Waals surface area (Å²) >= 11 is 15.0. The highest BCUT2D eigenvalue weighted by Crippen LogP contribution is 2.66. The van der Waals surface area contributed by atoms with Gasteiger partial charge in [0.25, 0.3) is 11.8 Å². The number of carbonyl (C=O) groups excluding carboxylic acids is 4. The molecular formula is C40H38Cl2FN3O7. The van der Waals surface area contributed by atoms with Crippen LogP contribution in [0.15, 0.2) is 78.4 Å². The fourth-order valence-electron chi connectivity index (χ4n) is 9.41. The van der Waals surface area contributed by atoms with Crippen LogP contribution in [0.4, 0.5) is 10.1 Å². The molecule has 3 aromatic rings. The van der Waals surface area contributed by atoms with E-state index in [2.05, 4.69) is 17.0 Å². The van der Waals surface area contributed by atoms with E-state index >= 15 is 0 Å². The smallest absolute Gasteiger partial charge is 0.258 e. The molecule has 276 valence electrons. The molecule has 53 heavy (non-hydrogen) atoms. The average molecular weight is 763 g/mol. The van der Waals surface area contributed by atoms with E-state index < -0.39 is 51.1 Å². The number of phenols is 1. The van der Waals surface area contributed by atoms with Crippen molar-refractivity contribution in [3.63, 3.8) is 0 Å². The van der Waals surface area contributed by atoms with E-state index in [0.717, 1.165) is 36.7 Å². The number of rotatable bonds is 7. The van der Waals surface area contributed by atoms with Crippen molar-refractivity contribution in [1.82, 2.24) is 9.80 Å². The van der Waals surface area contributed by atoms with Gasteiger partial charge in [-0.3, -0.25) is 29.0 Å². The van der Waals surface area contributed by atoms with Crippen LogP contribution in [-0.4, -0.2) is 81.6 Å². The molecule has 10 nitrogen and oxygen atoms in total.